The number of hydrogen-bond donors (Lipinski definition) is 0. The van der Waals surface area contributed by atoms with E-state index >= 15 is 0 Å². The third kappa shape index (κ3) is 3.55. The topological polar surface area (TPSA) is 72.6 Å². The summed E-state index contributed by atoms with van der Waals surface area (Å²) >= 11 is 0. The summed E-state index contributed by atoms with van der Waals surface area (Å²) in [5.41, 5.74) is 3.36. The summed E-state index contributed by atoms with van der Waals surface area (Å²) in [4.78, 5) is 20.6. The Hall–Kier alpha value is -3.35. The van der Waals surface area contributed by atoms with Crippen molar-refractivity contribution < 1.29 is 0 Å². The zero-order valence-electron chi connectivity index (χ0n) is 16.5. The van der Waals surface area contributed by atoms with Gasteiger partial charge >= 0.3 is 0 Å². The van der Waals surface area contributed by atoms with Crippen LogP contribution < -0.4 is 4.90 Å². The predicted molar refractivity (Wildman–Crippen MR) is 113 cm³/mol. The molecule has 0 bridgehead atoms. The average molecular weight is 385 g/mol. The van der Waals surface area contributed by atoms with Gasteiger partial charge in [-0.25, -0.2) is 14.6 Å². The Morgan fingerprint density at radius 1 is 0.828 bits per heavy atom. The molecule has 1 saturated heterocycles. The highest BCUT2D eigenvalue weighted by atomic mass is 15.3. The molecule has 0 aliphatic carbocycles. The highest BCUT2D eigenvalue weighted by molar-refractivity contribution is 5.82. The molecule has 29 heavy (non-hydrogen) atoms. The minimum absolute atomic E-state index is 0.755. The van der Waals surface area contributed by atoms with E-state index in [2.05, 4.69) is 37.1 Å². The van der Waals surface area contributed by atoms with E-state index in [1.165, 1.54) is 25.7 Å². The number of pyridine rings is 2. The molecular formula is C22H23N7. The summed E-state index contributed by atoms with van der Waals surface area (Å²) in [7, 11) is 0. The van der Waals surface area contributed by atoms with Gasteiger partial charge in [-0.05, 0) is 38.0 Å². The zero-order valence-corrected chi connectivity index (χ0v) is 16.5. The summed E-state index contributed by atoms with van der Waals surface area (Å²) in [5.74, 6) is 1.83. The predicted octanol–water partition coefficient (Wildman–Crippen LogP) is 3.96. The van der Waals surface area contributed by atoms with Crippen molar-refractivity contribution in [1.29, 1.82) is 0 Å². The van der Waals surface area contributed by atoms with Gasteiger partial charge in [-0.2, -0.15) is 5.10 Å². The normalized spacial score (nSPS) is 14.9. The van der Waals surface area contributed by atoms with Crippen LogP contribution >= 0.6 is 0 Å². The molecule has 1 aliphatic heterocycles. The molecular weight excluding hydrogens is 362 g/mol. The maximum Gasteiger partial charge on any atom is 0.156 e. The van der Waals surface area contributed by atoms with E-state index in [4.69, 9.17) is 4.98 Å². The highest BCUT2D eigenvalue weighted by Crippen LogP contribution is 2.24. The SMILES string of the molecule is Cc1cncc(-c2cc3c(cn2)cnn3-c2cccc(N3CCCCCC3)n2)n1. The highest BCUT2D eigenvalue weighted by Gasteiger charge is 2.14. The molecule has 7 nitrogen and oxygen atoms in total. The molecule has 0 atom stereocenters. The van der Waals surface area contributed by atoms with E-state index in [1.807, 2.05) is 36.1 Å². The van der Waals surface area contributed by atoms with E-state index in [1.54, 1.807) is 12.4 Å². The maximum atomic E-state index is 4.93. The second kappa shape index (κ2) is 7.58. The largest absolute Gasteiger partial charge is 0.357 e. The van der Waals surface area contributed by atoms with Crippen molar-refractivity contribution in [1.82, 2.24) is 29.7 Å². The molecule has 5 rings (SSSR count). The van der Waals surface area contributed by atoms with E-state index in [-0.39, 0.29) is 0 Å². The summed E-state index contributed by atoms with van der Waals surface area (Å²) in [5, 5.41) is 5.55. The number of anilines is 1. The van der Waals surface area contributed by atoms with Crippen molar-refractivity contribution >= 4 is 16.7 Å². The van der Waals surface area contributed by atoms with Crippen molar-refractivity contribution in [2.75, 3.05) is 18.0 Å². The minimum Gasteiger partial charge on any atom is -0.357 e. The molecule has 5 heterocycles. The van der Waals surface area contributed by atoms with Crippen molar-refractivity contribution in [3.05, 3.63) is 54.7 Å². The molecule has 0 N–H and O–H groups in total. The van der Waals surface area contributed by atoms with Gasteiger partial charge in [-0.3, -0.25) is 9.97 Å². The molecule has 0 spiro atoms. The summed E-state index contributed by atoms with van der Waals surface area (Å²) < 4.78 is 1.88. The van der Waals surface area contributed by atoms with Gasteiger partial charge in [0.05, 0.1) is 29.3 Å². The van der Waals surface area contributed by atoms with E-state index < -0.39 is 0 Å². The van der Waals surface area contributed by atoms with Crippen molar-refractivity contribution in [3.8, 4) is 17.2 Å². The monoisotopic (exact) mass is 385 g/mol. The maximum absolute atomic E-state index is 4.93. The minimum atomic E-state index is 0.755. The number of hydrogen-bond acceptors (Lipinski definition) is 6. The van der Waals surface area contributed by atoms with Gasteiger partial charge in [0.15, 0.2) is 5.82 Å². The lowest BCUT2D eigenvalue weighted by Gasteiger charge is -2.21. The Morgan fingerprint density at radius 3 is 2.48 bits per heavy atom. The summed E-state index contributed by atoms with van der Waals surface area (Å²) in [6.07, 6.45) is 12.2. The van der Waals surface area contributed by atoms with Crippen LogP contribution in [0.3, 0.4) is 0 Å². The van der Waals surface area contributed by atoms with Gasteiger partial charge in [0.25, 0.3) is 0 Å². The van der Waals surface area contributed by atoms with Gasteiger partial charge in [0.1, 0.15) is 11.5 Å². The molecule has 4 aromatic heterocycles. The lowest BCUT2D eigenvalue weighted by Crippen LogP contribution is -2.25. The Bertz CT molecular complexity index is 1140. The average Bonchev–Trinajstić information content (AvgIpc) is 2.98. The fourth-order valence-electron chi connectivity index (χ4n) is 3.84. The van der Waals surface area contributed by atoms with Crippen LogP contribution in [0.2, 0.25) is 0 Å². The van der Waals surface area contributed by atoms with Crippen molar-refractivity contribution in [3.63, 3.8) is 0 Å². The van der Waals surface area contributed by atoms with Crippen LogP contribution in [0.15, 0.2) is 49.1 Å². The molecule has 1 fully saturated rings. The summed E-state index contributed by atoms with van der Waals surface area (Å²) in [6.45, 7) is 4.06. The van der Waals surface area contributed by atoms with Crippen LogP contribution in [0.25, 0.3) is 28.1 Å². The van der Waals surface area contributed by atoms with Gasteiger partial charge in [0, 0.05) is 30.9 Å². The quantitative estimate of drug-likeness (QED) is 0.531. The number of aryl methyl sites for hydroxylation is 1. The van der Waals surface area contributed by atoms with Crippen LogP contribution in [0.5, 0.6) is 0 Å². The van der Waals surface area contributed by atoms with Crippen LogP contribution in [0, 0.1) is 6.92 Å². The summed E-state index contributed by atoms with van der Waals surface area (Å²) in [6, 6.07) is 8.16. The zero-order chi connectivity index (χ0) is 19.6. The molecule has 7 heteroatoms. The van der Waals surface area contributed by atoms with Crippen LogP contribution in [-0.4, -0.2) is 42.8 Å². The number of rotatable bonds is 3. The van der Waals surface area contributed by atoms with Crippen molar-refractivity contribution in [2.24, 2.45) is 0 Å². The van der Waals surface area contributed by atoms with Gasteiger partial charge in [-0.15, -0.1) is 0 Å². The number of nitrogens with zero attached hydrogens (tertiary/aromatic N) is 7. The molecule has 146 valence electrons. The second-order valence-electron chi connectivity index (χ2n) is 7.49. The Balaban J connectivity index is 1.55. The molecule has 0 aromatic carbocycles. The molecule has 0 unspecified atom stereocenters. The molecule has 0 radical (unpaired) electrons. The van der Waals surface area contributed by atoms with E-state index in [9.17, 15) is 0 Å². The fraction of sp³-hybridized carbons (Fsp3) is 0.318. The van der Waals surface area contributed by atoms with Gasteiger partial charge < -0.3 is 4.90 Å². The Morgan fingerprint density at radius 2 is 1.66 bits per heavy atom. The Labute approximate surface area is 169 Å². The molecule has 4 aromatic rings. The first kappa shape index (κ1) is 17.7. The standard InChI is InChI=1S/C22H23N7/c1-16-12-23-15-19(26-16)18-11-20-17(13-24-18)14-25-29(20)22-8-6-7-21(27-22)28-9-4-2-3-5-10-28/h6-8,11-15H,2-5,9-10H2,1H3. The smallest absolute Gasteiger partial charge is 0.156 e. The number of aromatic nitrogens is 6. The van der Waals surface area contributed by atoms with Crippen molar-refractivity contribution in [2.45, 2.75) is 32.6 Å². The van der Waals surface area contributed by atoms with Crippen LogP contribution in [-0.2, 0) is 0 Å². The first-order valence-corrected chi connectivity index (χ1v) is 10.1. The molecule has 1 aliphatic rings. The Kier molecular flexibility index (Phi) is 4.63. The van der Waals surface area contributed by atoms with E-state index in [0.717, 1.165) is 52.7 Å². The first-order chi connectivity index (χ1) is 14.3. The lowest BCUT2D eigenvalue weighted by molar-refractivity contribution is 0.726. The van der Waals surface area contributed by atoms with Crippen LogP contribution in [0.4, 0.5) is 5.82 Å². The fourth-order valence-corrected chi connectivity index (χ4v) is 3.84. The number of fused-ring (bicyclic) bond motifs is 1. The second-order valence-corrected chi connectivity index (χ2v) is 7.49. The van der Waals surface area contributed by atoms with Crippen LogP contribution in [0.1, 0.15) is 31.4 Å². The first-order valence-electron chi connectivity index (χ1n) is 10.1. The third-order valence-corrected chi connectivity index (χ3v) is 5.34. The van der Waals surface area contributed by atoms with E-state index in [0.29, 0.717) is 0 Å². The third-order valence-electron chi connectivity index (χ3n) is 5.34. The van der Waals surface area contributed by atoms with Gasteiger partial charge in [-0.1, -0.05) is 18.9 Å². The lowest BCUT2D eigenvalue weighted by atomic mass is 10.2. The molecule has 0 saturated carbocycles. The molecule has 0 amide bonds. The van der Waals surface area contributed by atoms with Gasteiger partial charge in [0.2, 0.25) is 0 Å².